The summed E-state index contributed by atoms with van der Waals surface area (Å²) in [5, 5.41) is 12.7. The van der Waals surface area contributed by atoms with E-state index in [9.17, 15) is 9.50 Å². The van der Waals surface area contributed by atoms with E-state index in [-0.39, 0.29) is 11.6 Å². The highest BCUT2D eigenvalue weighted by atomic mass is 35.5. The first-order valence-electron chi connectivity index (χ1n) is 5.11. The van der Waals surface area contributed by atoms with Crippen molar-refractivity contribution in [3.05, 3.63) is 58.9 Å². The van der Waals surface area contributed by atoms with E-state index in [1.54, 1.807) is 24.3 Å². The molecule has 0 spiro atoms. The lowest BCUT2D eigenvalue weighted by Gasteiger charge is -2.07. The minimum Gasteiger partial charge on any atom is -0.508 e. The summed E-state index contributed by atoms with van der Waals surface area (Å²) >= 11 is 5.74. The summed E-state index contributed by atoms with van der Waals surface area (Å²) in [5.74, 6) is -0.169. The minimum absolute atomic E-state index is 0.210. The Morgan fingerprint density at radius 2 is 2.00 bits per heavy atom. The maximum absolute atomic E-state index is 13.1. The second-order valence-electron chi connectivity index (χ2n) is 3.68. The molecule has 0 heterocycles. The number of aromatic hydroxyl groups is 1. The number of phenols is 1. The summed E-state index contributed by atoms with van der Waals surface area (Å²) < 4.78 is 13.1. The van der Waals surface area contributed by atoms with E-state index in [1.165, 1.54) is 12.1 Å². The van der Waals surface area contributed by atoms with Crippen molar-refractivity contribution >= 4 is 17.3 Å². The topological polar surface area (TPSA) is 32.3 Å². The van der Waals surface area contributed by atoms with Gasteiger partial charge in [-0.25, -0.2) is 4.39 Å². The molecule has 0 radical (unpaired) electrons. The maximum atomic E-state index is 13.1. The molecule has 2 nitrogen and oxygen atoms in total. The van der Waals surface area contributed by atoms with Gasteiger partial charge in [0.05, 0.1) is 0 Å². The molecule has 2 aromatic rings. The first-order chi connectivity index (χ1) is 8.13. The maximum Gasteiger partial charge on any atom is 0.126 e. The molecule has 0 amide bonds. The van der Waals surface area contributed by atoms with Gasteiger partial charge in [-0.05, 0) is 35.9 Å². The second kappa shape index (κ2) is 5.06. The Labute approximate surface area is 104 Å². The fourth-order valence-electron chi connectivity index (χ4n) is 1.53. The molecule has 0 aromatic heterocycles. The Balaban J connectivity index is 2.07. The summed E-state index contributed by atoms with van der Waals surface area (Å²) in [6, 6.07) is 11.1. The number of phenolic OH excluding ortho intramolecular Hbond substituents is 1. The van der Waals surface area contributed by atoms with Crippen LogP contribution in [0.2, 0.25) is 5.02 Å². The van der Waals surface area contributed by atoms with Crippen LogP contribution in [0.15, 0.2) is 42.5 Å². The molecule has 0 aliphatic rings. The molecule has 2 aromatic carbocycles. The van der Waals surface area contributed by atoms with Crippen molar-refractivity contribution in [1.29, 1.82) is 0 Å². The standard InChI is InChI=1S/C13H11ClFNO/c14-10-5-11(15)7-12(6-10)16-8-9-2-1-3-13(17)4-9/h1-7,16-17H,8H2. The van der Waals surface area contributed by atoms with Crippen molar-refractivity contribution in [3.63, 3.8) is 0 Å². The molecule has 2 N–H and O–H groups in total. The number of rotatable bonds is 3. The Morgan fingerprint density at radius 3 is 2.71 bits per heavy atom. The molecule has 0 aliphatic heterocycles. The predicted molar refractivity (Wildman–Crippen MR) is 66.8 cm³/mol. The molecule has 88 valence electrons. The Hall–Kier alpha value is -1.74. The lowest BCUT2D eigenvalue weighted by molar-refractivity contribution is 0.474. The Bertz CT molecular complexity index is 510. The first kappa shape index (κ1) is 11.7. The van der Waals surface area contributed by atoms with Crippen LogP contribution < -0.4 is 5.32 Å². The zero-order chi connectivity index (χ0) is 12.3. The van der Waals surface area contributed by atoms with Gasteiger partial charge >= 0.3 is 0 Å². The molecule has 4 heteroatoms. The highest BCUT2D eigenvalue weighted by molar-refractivity contribution is 6.30. The van der Waals surface area contributed by atoms with Gasteiger partial charge in [0.2, 0.25) is 0 Å². The highest BCUT2D eigenvalue weighted by Gasteiger charge is 1.99. The van der Waals surface area contributed by atoms with E-state index in [0.717, 1.165) is 5.56 Å². The van der Waals surface area contributed by atoms with Gasteiger partial charge in [-0.3, -0.25) is 0 Å². The lowest BCUT2D eigenvalue weighted by atomic mass is 10.2. The zero-order valence-corrected chi connectivity index (χ0v) is 9.71. The average molecular weight is 252 g/mol. The number of halogens is 2. The van der Waals surface area contributed by atoms with Crippen LogP contribution in [0.5, 0.6) is 5.75 Å². The molecule has 0 fully saturated rings. The monoisotopic (exact) mass is 251 g/mol. The van der Waals surface area contributed by atoms with E-state index in [1.807, 2.05) is 6.07 Å². The van der Waals surface area contributed by atoms with Crippen LogP contribution >= 0.6 is 11.6 Å². The van der Waals surface area contributed by atoms with Crippen molar-refractivity contribution in [2.75, 3.05) is 5.32 Å². The number of hydrogen-bond donors (Lipinski definition) is 2. The van der Waals surface area contributed by atoms with Gasteiger partial charge in [0.15, 0.2) is 0 Å². The highest BCUT2D eigenvalue weighted by Crippen LogP contribution is 2.19. The smallest absolute Gasteiger partial charge is 0.126 e. The summed E-state index contributed by atoms with van der Waals surface area (Å²) in [6.45, 7) is 0.494. The van der Waals surface area contributed by atoms with E-state index < -0.39 is 0 Å². The predicted octanol–water partition coefficient (Wildman–Crippen LogP) is 3.80. The minimum atomic E-state index is -0.379. The fraction of sp³-hybridized carbons (Fsp3) is 0.0769. The van der Waals surface area contributed by atoms with E-state index in [0.29, 0.717) is 17.3 Å². The van der Waals surface area contributed by atoms with Gasteiger partial charge in [0, 0.05) is 17.3 Å². The van der Waals surface area contributed by atoms with Gasteiger partial charge in [0.25, 0.3) is 0 Å². The molecule has 0 bridgehead atoms. The number of hydrogen-bond acceptors (Lipinski definition) is 2. The molecular formula is C13H11ClFNO. The van der Waals surface area contributed by atoms with Crippen LogP contribution in [0.4, 0.5) is 10.1 Å². The molecule has 17 heavy (non-hydrogen) atoms. The van der Waals surface area contributed by atoms with Gasteiger partial charge in [-0.15, -0.1) is 0 Å². The van der Waals surface area contributed by atoms with E-state index in [2.05, 4.69) is 5.32 Å². The molecular weight excluding hydrogens is 241 g/mol. The van der Waals surface area contributed by atoms with Gasteiger partial charge < -0.3 is 10.4 Å². The third kappa shape index (κ3) is 3.36. The molecule has 2 rings (SSSR count). The second-order valence-corrected chi connectivity index (χ2v) is 4.12. The summed E-state index contributed by atoms with van der Waals surface area (Å²) in [4.78, 5) is 0. The molecule has 0 atom stereocenters. The summed E-state index contributed by atoms with van der Waals surface area (Å²) in [5.41, 5.74) is 1.52. The van der Waals surface area contributed by atoms with E-state index in [4.69, 9.17) is 11.6 Å². The van der Waals surface area contributed by atoms with Crippen LogP contribution in [0.3, 0.4) is 0 Å². The normalized spacial score (nSPS) is 10.2. The lowest BCUT2D eigenvalue weighted by Crippen LogP contribution is -1.99. The SMILES string of the molecule is Oc1cccc(CNc2cc(F)cc(Cl)c2)c1. The van der Waals surface area contributed by atoms with Gasteiger partial charge in [-0.2, -0.15) is 0 Å². The number of anilines is 1. The molecule has 0 unspecified atom stereocenters. The molecule has 0 aliphatic carbocycles. The quantitative estimate of drug-likeness (QED) is 0.870. The summed E-state index contributed by atoms with van der Waals surface area (Å²) in [7, 11) is 0. The molecule has 0 saturated heterocycles. The van der Waals surface area contributed by atoms with E-state index >= 15 is 0 Å². The zero-order valence-electron chi connectivity index (χ0n) is 8.95. The van der Waals surface area contributed by atoms with Crippen LogP contribution in [-0.2, 0) is 6.54 Å². The van der Waals surface area contributed by atoms with Crippen molar-refractivity contribution < 1.29 is 9.50 Å². The average Bonchev–Trinajstić information content (AvgIpc) is 2.25. The first-order valence-corrected chi connectivity index (χ1v) is 5.49. The number of nitrogens with one attached hydrogen (secondary N) is 1. The van der Waals surface area contributed by atoms with Crippen LogP contribution in [0.25, 0.3) is 0 Å². The van der Waals surface area contributed by atoms with Crippen LogP contribution in [0, 0.1) is 5.82 Å². The van der Waals surface area contributed by atoms with Crippen molar-refractivity contribution in [2.45, 2.75) is 6.54 Å². The van der Waals surface area contributed by atoms with Crippen LogP contribution in [0.1, 0.15) is 5.56 Å². The fourth-order valence-corrected chi connectivity index (χ4v) is 1.75. The van der Waals surface area contributed by atoms with Gasteiger partial charge in [0.1, 0.15) is 11.6 Å². The van der Waals surface area contributed by atoms with Crippen molar-refractivity contribution in [2.24, 2.45) is 0 Å². The Morgan fingerprint density at radius 1 is 1.18 bits per heavy atom. The van der Waals surface area contributed by atoms with Crippen LogP contribution in [-0.4, -0.2) is 5.11 Å². The molecule has 0 saturated carbocycles. The third-order valence-electron chi connectivity index (χ3n) is 2.27. The largest absolute Gasteiger partial charge is 0.508 e. The van der Waals surface area contributed by atoms with Crippen molar-refractivity contribution in [3.8, 4) is 5.75 Å². The third-order valence-corrected chi connectivity index (χ3v) is 2.49. The van der Waals surface area contributed by atoms with Gasteiger partial charge in [-0.1, -0.05) is 23.7 Å². The summed E-state index contributed by atoms with van der Waals surface area (Å²) in [6.07, 6.45) is 0. The number of benzene rings is 2. The van der Waals surface area contributed by atoms with Crippen molar-refractivity contribution in [1.82, 2.24) is 0 Å². The Kier molecular flexibility index (Phi) is 3.49.